The summed E-state index contributed by atoms with van der Waals surface area (Å²) in [6.07, 6.45) is 2.46. The number of aromatic amines is 1. The maximum Gasteiger partial charge on any atom is 0.276 e. The first-order chi connectivity index (χ1) is 7.09. The highest BCUT2D eigenvalue weighted by molar-refractivity contribution is 5.97. The van der Waals surface area contributed by atoms with Crippen LogP contribution in [0.5, 0.6) is 0 Å². The first-order valence-electron chi connectivity index (χ1n) is 5.15. The van der Waals surface area contributed by atoms with E-state index in [1.807, 2.05) is 0 Å². The fraction of sp³-hybridized carbons (Fsp3) is 0.600. The van der Waals surface area contributed by atoms with Crippen LogP contribution in [0.4, 0.5) is 5.69 Å². The molecule has 0 bridgehead atoms. The molecule has 0 aromatic carbocycles. The van der Waals surface area contributed by atoms with E-state index >= 15 is 0 Å². The number of nitrogen functional groups attached to an aromatic ring is 1. The van der Waals surface area contributed by atoms with Crippen LogP contribution < -0.4 is 5.73 Å². The zero-order valence-electron chi connectivity index (χ0n) is 9.08. The monoisotopic (exact) mass is 208 g/mol. The Kier molecular flexibility index (Phi) is 2.38. The molecule has 0 radical (unpaired) electrons. The Hall–Kier alpha value is -1.52. The molecule has 3 N–H and O–H groups in total. The molecule has 2 rings (SSSR count). The zero-order chi connectivity index (χ0) is 11.0. The third kappa shape index (κ3) is 1.95. The maximum atomic E-state index is 11.9. The number of H-pyrrole nitrogens is 1. The highest BCUT2D eigenvalue weighted by Crippen LogP contribution is 2.29. The molecular formula is C10H16N4O. The second-order valence-corrected chi connectivity index (χ2v) is 4.24. The van der Waals surface area contributed by atoms with Gasteiger partial charge in [-0.15, -0.1) is 0 Å². The summed E-state index contributed by atoms with van der Waals surface area (Å²) in [5.41, 5.74) is 7.30. The largest absolute Gasteiger partial charge is 0.395 e. The van der Waals surface area contributed by atoms with Crippen molar-refractivity contribution in [2.24, 2.45) is 5.92 Å². The summed E-state index contributed by atoms with van der Waals surface area (Å²) in [4.78, 5) is 13.6. The molecule has 0 unspecified atom stereocenters. The average molecular weight is 208 g/mol. The Balaban J connectivity index is 2.08. The first-order valence-corrected chi connectivity index (χ1v) is 5.15. The molecule has 1 saturated carbocycles. The number of hydrogen-bond donors (Lipinski definition) is 2. The molecule has 0 aliphatic heterocycles. The van der Waals surface area contributed by atoms with Crippen molar-refractivity contribution in [1.29, 1.82) is 0 Å². The first kappa shape index (κ1) is 10.0. The van der Waals surface area contributed by atoms with Gasteiger partial charge in [-0.2, -0.15) is 5.10 Å². The molecule has 1 heterocycles. The van der Waals surface area contributed by atoms with Gasteiger partial charge in [0.05, 0.1) is 11.4 Å². The van der Waals surface area contributed by atoms with Crippen LogP contribution in [0.15, 0.2) is 0 Å². The van der Waals surface area contributed by atoms with Gasteiger partial charge in [0.15, 0.2) is 5.69 Å². The van der Waals surface area contributed by atoms with E-state index in [2.05, 4.69) is 10.2 Å². The van der Waals surface area contributed by atoms with Gasteiger partial charge < -0.3 is 10.6 Å². The molecule has 0 saturated heterocycles. The molecule has 82 valence electrons. The lowest BCUT2D eigenvalue weighted by atomic mass is 10.2. The van der Waals surface area contributed by atoms with Crippen LogP contribution in [0.25, 0.3) is 0 Å². The highest BCUT2D eigenvalue weighted by Gasteiger charge is 2.27. The quantitative estimate of drug-likeness (QED) is 0.770. The Morgan fingerprint density at radius 1 is 1.67 bits per heavy atom. The lowest BCUT2D eigenvalue weighted by Gasteiger charge is -2.15. The lowest BCUT2D eigenvalue weighted by Crippen LogP contribution is -2.29. The van der Waals surface area contributed by atoms with Gasteiger partial charge in [0.2, 0.25) is 0 Å². The number of aromatic nitrogens is 2. The van der Waals surface area contributed by atoms with Crippen LogP contribution >= 0.6 is 0 Å². The van der Waals surface area contributed by atoms with Crippen molar-refractivity contribution in [1.82, 2.24) is 15.1 Å². The number of aryl methyl sites for hydroxylation is 1. The van der Waals surface area contributed by atoms with E-state index in [9.17, 15) is 4.79 Å². The topological polar surface area (TPSA) is 75.0 Å². The van der Waals surface area contributed by atoms with Crippen molar-refractivity contribution >= 4 is 11.6 Å². The summed E-state index contributed by atoms with van der Waals surface area (Å²) < 4.78 is 0. The molecular weight excluding hydrogens is 192 g/mol. The van der Waals surface area contributed by atoms with Gasteiger partial charge >= 0.3 is 0 Å². The lowest BCUT2D eigenvalue weighted by molar-refractivity contribution is 0.0784. The number of anilines is 1. The number of carbonyl (C=O) groups excluding carboxylic acids is 1. The second kappa shape index (κ2) is 3.56. The van der Waals surface area contributed by atoms with Crippen molar-refractivity contribution in [3.8, 4) is 0 Å². The van der Waals surface area contributed by atoms with Crippen LogP contribution in [-0.4, -0.2) is 34.6 Å². The number of hydrogen-bond acceptors (Lipinski definition) is 3. The number of carbonyl (C=O) groups is 1. The van der Waals surface area contributed by atoms with Crippen molar-refractivity contribution in [3.63, 3.8) is 0 Å². The number of rotatable bonds is 3. The number of nitrogens with two attached hydrogens (primary N) is 1. The molecule has 1 aromatic heterocycles. The molecule has 5 nitrogen and oxygen atoms in total. The minimum absolute atomic E-state index is 0.0937. The predicted octanol–water partition coefficient (Wildman–Crippen LogP) is 0.782. The molecule has 1 aliphatic carbocycles. The number of nitrogens with zero attached hydrogens (tertiary/aromatic N) is 2. The van der Waals surface area contributed by atoms with Gasteiger partial charge in [-0.1, -0.05) is 0 Å². The SMILES string of the molecule is Cc1[nH]nc(C(=O)N(C)CC2CC2)c1N. The van der Waals surface area contributed by atoms with Crippen molar-refractivity contribution in [2.75, 3.05) is 19.3 Å². The molecule has 1 fully saturated rings. The Labute approximate surface area is 88.6 Å². The van der Waals surface area contributed by atoms with Crippen LogP contribution in [0.2, 0.25) is 0 Å². The molecule has 0 spiro atoms. The molecule has 1 aliphatic rings. The van der Waals surface area contributed by atoms with E-state index in [-0.39, 0.29) is 5.91 Å². The molecule has 0 atom stereocenters. The third-order valence-electron chi connectivity index (χ3n) is 2.77. The van der Waals surface area contributed by atoms with Crippen LogP contribution in [-0.2, 0) is 0 Å². The Morgan fingerprint density at radius 2 is 2.33 bits per heavy atom. The van der Waals surface area contributed by atoms with Gasteiger partial charge in [0.25, 0.3) is 5.91 Å². The third-order valence-corrected chi connectivity index (χ3v) is 2.77. The number of nitrogens with one attached hydrogen (secondary N) is 1. The Bertz CT molecular complexity index is 381. The molecule has 1 aromatic rings. The normalized spacial score (nSPS) is 15.3. The molecule has 1 amide bonds. The van der Waals surface area contributed by atoms with E-state index < -0.39 is 0 Å². The molecule has 15 heavy (non-hydrogen) atoms. The van der Waals surface area contributed by atoms with Crippen LogP contribution in [0, 0.1) is 12.8 Å². The van der Waals surface area contributed by atoms with E-state index in [0.717, 1.165) is 12.2 Å². The summed E-state index contributed by atoms with van der Waals surface area (Å²) in [6, 6.07) is 0. The highest BCUT2D eigenvalue weighted by atomic mass is 16.2. The Morgan fingerprint density at radius 3 is 2.80 bits per heavy atom. The minimum atomic E-state index is -0.0937. The van der Waals surface area contributed by atoms with E-state index in [0.29, 0.717) is 17.3 Å². The summed E-state index contributed by atoms with van der Waals surface area (Å²) in [5.74, 6) is 0.587. The van der Waals surface area contributed by atoms with Gasteiger partial charge in [-0.3, -0.25) is 9.89 Å². The van der Waals surface area contributed by atoms with Gasteiger partial charge in [-0.25, -0.2) is 0 Å². The van der Waals surface area contributed by atoms with E-state index in [1.165, 1.54) is 12.8 Å². The minimum Gasteiger partial charge on any atom is -0.395 e. The zero-order valence-corrected chi connectivity index (χ0v) is 9.08. The number of amides is 1. The van der Waals surface area contributed by atoms with E-state index in [1.54, 1.807) is 18.9 Å². The molecule has 5 heteroatoms. The van der Waals surface area contributed by atoms with Crippen molar-refractivity contribution in [3.05, 3.63) is 11.4 Å². The van der Waals surface area contributed by atoms with Gasteiger partial charge in [0.1, 0.15) is 0 Å². The fourth-order valence-electron chi connectivity index (χ4n) is 1.55. The summed E-state index contributed by atoms with van der Waals surface area (Å²) >= 11 is 0. The van der Waals surface area contributed by atoms with Crippen molar-refractivity contribution < 1.29 is 4.79 Å². The average Bonchev–Trinajstić information content (AvgIpc) is 2.95. The van der Waals surface area contributed by atoms with Gasteiger partial charge in [0, 0.05) is 13.6 Å². The standard InChI is InChI=1S/C10H16N4O/c1-6-8(11)9(13-12-6)10(15)14(2)5-7-3-4-7/h7H,3-5,11H2,1-2H3,(H,12,13). The second-order valence-electron chi connectivity index (χ2n) is 4.24. The summed E-state index contributed by atoms with van der Waals surface area (Å²) in [5, 5.41) is 6.64. The summed E-state index contributed by atoms with van der Waals surface area (Å²) in [6.45, 7) is 2.62. The smallest absolute Gasteiger partial charge is 0.276 e. The van der Waals surface area contributed by atoms with E-state index in [4.69, 9.17) is 5.73 Å². The van der Waals surface area contributed by atoms with Crippen LogP contribution in [0.3, 0.4) is 0 Å². The summed E-state index contributed by atoms with van der Waals surface area (Å²) in [7, 11) is 1.80. The van der Waals surface area contributed by atoms with Crippen molar-refractivity contribution in [2.45, 2.75) is 19.8 Å². The predicted molar refractivity (Wildman–Crippen MR) is 57.4 cm³/mol. The van der Waals surface area contributed by atoms with Gasteiger partial charge in [-0.05, 0) is 25.7 Å². The van der Waals surface area contributed by atoms with Crippen LogP contribution in [0.1, 0.15) is 29.0 Å². The maximum absolute atomic E-state index is 11.9. The fourth-order valence-corrected chi connectivity index (χ4v) is 1.55.